The standard InChI is InChI=1S/C18H25N3O4/c1-2-10-20(13-16(22)23)17(24)14-7-6-11-21(12-14)18(25)19-15-8-4-3-5-9-15/h3-5,8-9,14H,2,6-7,10-13H2,1H3,(H,19,25)(H,22,23). The second-order valence-electron chi connectivity index (χ2n) is 6.23. The van der Waals surface area contributed by atoms with Crippen molar-refractivity contribution in [1.82, 2.24) is 9.80 Å². The number of nitrogens with one attached hydrogen (secondary N) is 1. The number of hydrogen-bond acceptors (Lipinski definition) is 3. The number of likely N-dealkylation sites (tertiary alicyclic amines) is 1. The molecule has 1 aromatic rings. The number of nitrogens with zero attached hydrogens (tertiary/aromatic N) is 2. The van der Waals surface area contributed by atoms with Gasteiger partial charge in [0.05, 0.1) is 5.92 Å². The van der Waals surface area contributed by atoms with Crippen molar-refractivity contribution in [3.63, 3.8) is 0 Å². The molecule has 0 aliphatic carbocycles. The highest BCUT2D eigenvalue weighted by molar-refractivity contribution is 5.90. The van der Waals surface area contributed by atoms with Crippen LogP contribution >= 0.6 is 0 Å². The van der Waals surface area contributed by atoms with Crippen LogP contribution in [0.4, 0.5) is 10.5 Å². The summed E-state index contributed by atoms with van der Waals surface area (Å²) in [5.74, 6) is -1.54. The fourth-order valence-corrected chi connectivity index (χ4v) is 3.05. The first-order valence-corrected chi connectivity index (χ1v) is 8.62. The number of para-hydroxylation sites is 1. The van der Waals surface area contributed by atoms with Gasteiger partial charge < -0.3 is 20.2 Å². The Kier molecular flexibility index (Phi) is 6.80. The molecule has 1 aliphatic rings. The van der Waals surface area contributed by atoms with E-state index in [-0.39, 0.29) is 24.4 Å². The van der Waals surface area contributed by atoms with Gasteiger partial charge in [0.15, 0.2) is 0 Å². The number of piperidine rings is 1. The van der Waals surface area contributed by atoms with Crippen LogP contribution in [0.3, 0.4) is 0 Å². The number of benzene rings is 1. The van der Waals surface area contributed by atoms with Crippen LogP contribution in [0.1, 0.15) is 26.2 Å². The van der Waals surface area contributed by atoms with Crippen molar-refractivity contribution in [2.24, 2.45) is 5.92 Å². The van der Waals surface area contributed by atoms with Crippen molar-refractivity contribution in [2.75, 3.05) is 31.5 Å². The summed E-state index contributed by atoms with van der Waals surface area (Å²) in [4.78, 5) is 39.0. The molecule has 1 atom stereocenters. The van der Waals surface area contributed by atoms with Crippen LogP contribution < -0.4 is 5.32 Å². The number of anilines is 1. The minimum atomic E-state index is -1.02. The quantitative estimate of drug-likeness (QED) is 0.826. The van der Waals surface area contributed by atoms with Gasteiger partial charge in [0, 0.05) is 25.3 Å². The van der Waals surface area contributed by atoms with Gasteiger partial charge in [0.2, 0.25) is 5.91 Å². The van der Waals surface area contributed by atoms with E-state index in [1.54, 1.807) is 17.0 Å². The zero-order chi connectivity index (χ0) is 18.2. The lowest BCUT2D eigenvalue weighted by atomic mass is 9.96. The molecule has 7 heteroatoms. The molecule has 0 aromatic heterocycles. The summed E-state index contributed by atoms with van der Waals surface area (Å²) in [5.41, 5.74) is 0.708. The maximum atomic E-state index is 12.7. The number of carboxylic acids is 1. The molecule has 1 heterocycles. The predicted molar refractivity (Wildman–Crippen MR) is 94.3 cm³/mol. The second kappa shape index (κ2) is 9.05. The van der Waals surface area contributed by atoms with Gasteiger partial charge in [-0.25, -0.2) is 4.79 Å². The van der Waals surface area contributed by atoms with Gasteiger partial charge in [-0.1, -0.05) is 25.1 Å². The van der Waals surface area contributed by atoms with Gasteiger partial charge in [-0.05, 0) is 31.4 Å². The number of rotatable bonds is 6. The number of carbonyl (C=O) groups excluding carboxylic acids is 2. The van der Waals surface area contributed by atoms with E-state index in [0.717, 1.165) is 6.42 Å². The van der Waals surface area contributed by atoms with Crippen LogP contribution in [0.5, 0.6) is 0 Å². The number of carboxylic acid groups (broad SMARTS) is 1. The first kappa shape index (κ1) is 18.8. The lowest BCUT2D eigenvalue weighted by Gasteiger charge is -2.34. The fourth-order valence-electron chi connectivity index (χ4n) is 3.05. The van der Waals surface area contributed by atoms with Crippen molar-refractivity contribution in [1.29, 1.82) is 0 Å². The monoisotopic (exact) mass is 347 g/mol. The summed E-state index contributed by atoms with van der Waals surface area (Å²) in [6.07, 6.45) is 2.10. The Hall–Kier alpha value is -2.57. The van der Waals surface area contributed by atoms with Gasteiger partial charge in [0.1, 0.15) is 6.54 Å². The average Bonchev–Trinajstić information content (AvgIpc) is 2.61. The van der Waals surface area contributed by atoms with E-state index in [2.05, 4.69) is 5.32 Å². The molecule has 1 aliphatic heterocycles. The van der Waals surface area contributed by atoms with Gasteiger partial charge in [-0.2, -0.15) is 0 Å². The number of amides is 3. The second-order valence-corrected chi connectivity index (χ2v) is 6.23. The van der Waals surface area contributed by atoms with Crippen LogP contribution in [0.25, 0.3) is 0 Å². The van der Waals surface area contributed by atoms with Crippen molar-refractivity contribution in [3.8, 4) is 0 Å². The van der Waals surface area contributed by atoms with E-state index in [1.807, 2.05) is 25.1 Å². The van der Waals surface area contributed by atoms with E-state index in [9.17, 15) is 14.4 Å². The highest BCUT2D eigenvalue weighted by Gasteiger charge is 2.31. The Labute approximate surface area is 147 Å². The van der Waals surface area contributed by atoms with Gasteiger partial charge >= 0.3 is 12.0 Å². The first-order valence-electron chi connectivity index (χ1n) is 8.62. The summed E-state index contributed by atoms with van der Waals surface area (Å²) in [7, 11) is 0. The molecular weight excluding hydrogens is 322 g/mol. The molecule has 0 spiro atoms. The Balaban J connectivity index is 1.97. The maximum absolute atomic E-state index is 12.7. The summed E-state index contributed by atoms with van der Waals surface area (Å²) >= 11 is 0. The summed E-state index contributed by atoms with van der Waals surface area (Å²) in [6.45, 7) is 2.94. The van der Waals surface area contributed by atoms with Crippen LogP contribution in [0.15, 0.2) is 30.3 Å². The van der Waals surface area contributed by atoms with E-state index in [0.29, 0.717) is 38.2 Å². The number of urea groups is 1. The number of hydrogen-bond donors (Lipinski definition) is 2. The molecule has 1 aromatic carbocycles. The maximum Gasteiger partial charge on any atom is 0.323 e. The smallest absolute Gasteiger partial charge is 0.323 e. The van der Waals surface area contributed by atoms with Crippen molar-refractivity contribution < 1.29 is 19.5 Å². The van der Waals surface area contributed by atoms with Gasteiger partial charge in [0.25, 0.3) is 0 Å². The van der Waals surface area contributed by atoms with E-state index in [1.165, 1.54) is 4.90 Å². The normalized spacial score (nSPS) is 17.0. The molecule has 0 bridgehead atoms. The average molecular weight is 347 g/mol. The van der Waals surface area contributed by atoms with E-state index >= 15 is 0 Å². The van der Waals surface area contributed by atoms with Crippen LogP contribution in [-0.4, -0.2) is 59.0 Å². The molecule has 0 radical (unpaired) electrons. The van der Waals surface area contributed by atoms with Crippen molar-refractivity contribution in [2.45, 2.75) is 26.2 Å². The van der Waals surface area contributed by atoms with Crippen LogP contribution in [0.2, 0.25) is 0 Å². The summed E-state index contributed by atoms with van der Waals surface area (Å²) in [6, 6.07) is 8.93. The Morgan fingerprint density at radius 3 is 2.64 bits per heavy atom. The fraction of sp³-hybridized carbons (Fsp3) is 0.500. The van der Waals surface area contributed by atoms with Gasteiger partial charge in [-0.3, -0.25) is 9.59 Å². The molecule has 1 fully saturated rings. The topological polar surface area (TPSA) is 90.0 Å². The highest BCUT2D eigenvalue weighted by Crippen LogP contribution is 2.20. The van der Waals surface area contributed by atoms with E-state index < -0.39 is 5.97 Å². The number of aliphatic carboxylic acids is 1. The summed E-state index contributed by atoms with van der Waals surface area (Å²) in [5, 5.41) is 11.8. The van der Waals surface area contributed by atoms with Gasteiger partial charge in [-0.15, -0.1) is 0 Å². The molecule has 1 saturated heterocycles. The Morgan fingerprint density at radius 1 is 1.28 bits per heavy atom. The largest absolute Gasteiger partial charge is 0.480 e. The summed E-state index contributed by atoms with van der Waals surface area (Å²) < 4.78 is 0. The zero-order valence-electron chi connectivity index (χ0n) is 14.5. The minimum absolute atomic E-state index is 0.179. The third-order valence-corrected chi connectivity index (χ3v) is 4.21. The molecule has 0 saturated carbocycles. The lowest BCUT2D eigenvalue weighted by Crippen LogP contribution is -2.49. The third-order valence-electron chi connectivity index (χ3n) is 4.21. The number of carbonyl (C=O) groups is 3. The third kappa shape index (κ3) is 5.48. The highest BCUT2D eigenvalue weighted by atomic mass is 16.4. The van der Waals surface area contributed by atoms with Crippen molar-refractivity contribution >= 4 is 23.6 Å². The van der Waals surface area contributed by atoms with Crippen molar-refractivity contribution in [3.05, 3.63) is 30.3 Å². The molecule has 7 nitrogen and oxygen atoms in total. The predicted octanol–water partition coefficient (Wildman–Crippen LogP) is 2.25. The molecule has 136 valence electrons. The van der Waals surface area contributed by atoms with Crippen LogP contribution in [0, 0.1) is 5.92 Å². The zero-order valence-corrected chi connectivity index (χ0v) is 14.5. The first-order chi connectivity index (χ1) is 12.0. The van der Waals surface area contributed by atoms with E-state index in [4.69, 9.17) is 5.11 Å². The SMILES string of the molecule is CCCN(CC(=O)O)C(=O)C1CCCN(C(=O)Nc2ccccc2)C1. The molecular formula is C18H25N3O4. The Morgan fingerprint density at radius 2 is 2.00 bits per heavy atom. The lowest BCUT2D eigenvalue weighted by molar-refractivity contribution is -0.147. The molecule has 2 rings (SSSR count). The van der Waals surface area contributed by atoms with Crippen LogP contribution in [-0.2, 0) is 9.59 Å². The molecule has 2 N–H and O–H groups in total. The molecule has 1 unspecified atom stereocenters. The minimum Gasteiger partial charge on any atom is -0.480 e. The Bertz CT molecular complexity index is 606. The molecule has 3 amide bonds. The molecule has 25 heavy (non-hydrogen) atoms.